The predicted octanol–water partition coefficient (Wildman–Crippen LogP) is 4.90. The van der Waals surface area contributed by atoms with Crippen LogP contribution < -0.4 is 4.90 Å². The molecule has 33 heavy (non-hydrogen) atoms. The van der Waals surface area contributed by atoms with Gasteiger partial charge in [0.05, 0.1) is 25.3 Å². The van der Waals surface area contributed by atoms with E-state index in [0.717, 1.165) is 5.56 Å². The van der Waals surface area contributed by atoms with Crippen LogP contribution in [-0.4, -0.2) is 48.3 Å². The van der Waals surface area contributed by atoms with Gasteiger partial charge in [0, 0.05) is 30.3 Å². The molecule has 0 saturated carbocycles. The maximum absolute atomic E-state index is 13.8. The average Bonchev–Trinajstić information content (AvgIpc) is 3.26. The summed E-state index contributed by atoms with van der Waals surface area (Å²) < 4.78 is 38.6. The molecular formula is C25H27F2N3O3. The Kier molecular flexibility index (Phi) is 7.03. The third-order valence-electron chi connectivity index (χ3n) is 5.97. The third-order valence-corrected chi connectivity index (χ3v) is 5.97. The van der Waals surface area contributed by atoms with Gasteiger partial charge in [-0.1, -0.05) is 18.1 Å². The summed E-state index contributed by atoms with van der Waals surface area (Å²) in [6.07, 6.45) is 0.713. The van der Waals surface area contributed by atoms with E-state index in [4.69, 9.17) is 9.26 Å². The first-order chi connectivity index (χ1) is 16.0. The number of amides is 1. The maximum atomic E-state index is 13.8. The Hall–Kier alpha value is -3.26. The number of aromatic nitrogens is 1. The molecule has 1 aliphatic heterocycles. The second kappa shape index (κ2) is 10.1. The van der Waals surface area contributed by atoms with Crippen molar-refractivity contribution >= 4 is 11.8 Å². The molecule has 174 valence electrons. The van der Waals surface area contributed by atoms with Crippen molar-refractivity contribution in [2.45, 2.75) is 32.9 Å². The van der Waals surface area contributed by atoms with Crippen LogP contribution in [0.3, 0.4) is 0 Å². The molecule has 1 atom stereocenters. The molecule has 0 N–H and O–H groups in total. The Morgan fingerprint density at radius 3 is 2.52 bits per heavy atom. The van der Waals surface area contributed by atoms with E-state index in [1.165, 1.54) is 30.3 Å². The highest BCUT2D eigenvalue weighted by molar-refractivity contribution is 5.94. The quantitative estimate of drug-likeness (QED) is 0.507. The number of morpholine rings is 1. The van der Waals surface area contributed by atoms with Gasteiger partial charge in [-0.15, -0.1) is 0 Å². The van der Waals surface area contributed by atoms with Crippen LogP contribution in [-0.2, 0) is 11.3 Å². The summed E-state index contributed by atoms with van der Waals surface area (Å²) in [7, 11) is 0. The molecule has 1 aliphatic rings. The maximum Gasteiger partial charge on any atom is 0.254 e. The van der Waals surface area contributed by atoms with Crippen LogP contribution in [0.5, 0.6) is 0 Å². The highest BCUT2D eigenvalue weighted by atomic mass is 19.1. The molecule has 8 heteroatoms. The van der Waals surface area contributed by atoms with Crippen molar-refractivity contribution in [2.24, 2.45) is 0 Å². The van der Waals surface area contributed by atoms with Crippen molar-refractivity contribution in [3.63, 3.8) is 0 Å². The molecule has 0 bridgehead atoms. The molecule has 0 spiro atoms. The van der Waals surface area contributed by atoms with Crippen LogP contribution in [0.15, 0.2) is 53.1 Å². The molecule has 1 amide bonds. The zero-order chi connectivity index (χ0) is 23.4. The highest BCUT2D eigenvalue weighted by Gasteiger charge is 2.29. The molecule has 1 saturated heterocycles. The molecule has 4 rings (SSSR count). The minimum Gasteiger partial charge on any atom is -0.378 e. The van der Waals surface area contributed by atoms with Gasteiger partial charge >= 0.3 is 0 Å². The van der Waals surface area contributed by atoms with Crippen molar-refractivity contribution in [2.75, 3.05) is 31.2 Å². The second-order valence-electron chi connectivity index (χ2n) is 8.12. The Balaban J connectivity index is 1.75. The lowest BCUT2D eigenvalue weighted by molar-refractivity contribution is 0.0671. The van der Waals surface area contributed by atoms with E-state index in [1.54, 1.807) is 23.1 Å². The van der Waals surface area contributed by atoms with Gasteiger partial charge < -0.3 is 19.1 Å². The van der Waals surface area contributed by atoms with Crippen molar-refractivity contribution in [3.05, 3.63) is 71.3 Å². The third kappa shape index (κ3) is 5.06. The summed E-state index contributed by atoms with van der Waals surface area (Å²) >= 11 is 0. The fourth-order valence-corrected chi connectivity index (χ4v) is 3.90. The van der Waals surface area contributed by atoms with Gasteiger partial charge in [-0.25, -0.2) is 8.78 Å². The van der Waals surface area contributed by atoms with E-state index in [0.29, 0.717) is 49.9 Å². The number of carbonyl (C=O) groups excluding carboxylic acids is 1. The second-order valence-corrected chi connectivity index (χ2v) is 8.12. The van der Waals surface area contributed by atoms with Gasteiger partial charge in [-0.3, -0.25) is 4.79 Å². The van der Waals surface area contributed by atoms with Gasteiger partial charge in [-0.05, 0) is 55.8 Å². The van der Waals surface area contributed by atoms with E-state index >= 15 is 0 Å². The van der Waals surface area contributed by atoms with E-state index in [9.17, 15) is 13.6 Å². The summed E-state index contributed by atoms with van der Waals surface area (Å²) in [4.78, 5) is 17.2. The largest absolute Gasteiger partial charge is 0.378 e. The first-order valence-corrected chi connectivity index (χ1v) is 11.1. The summed E-state index contributed by atoms with van der Waals surface area (Å²) in [6.45, 7) is 6.54. The predicted molar refractivity (Wildman–Crippen MR) is 121 cm³/mol. The molecule has 6 nitrogen and oxygen atoms in total. The van der Waals surface area contributed by atoms with Crippen molar-refractivity contribution in [3.8, 4) is 11.3 Å². The lowest BCUT2D eigenvalue weighted by Gasteiger charge is -2.31. The Morgan fingerprint density at radius 2 is 1.85 bits per heavy atom. The summed E-state index contributed by atoms with van der Waals surface area (Å²) in [5.41, 5.74) is 2.25. The number of hydrogen-bond donors (Lipinski definition) is 0. The normalized spacial score (nSPS) is 14.8. The van der Waals surface area contributed by atoms with Crippen LogP contribution in [0.2, 0.25) is 0 Å². The van der Waals surface area contributed by atoms with Gasteiger partial charge in [0.1, 0.15) is 17.3 Å². The van der Waals surface area contributed by atoms with Crippen molar-refractivity contribution in [1.29, 1.82) is 0 Å². The first kappa shape index (κ1) is 22.9. The van der Waals surface area contributed by atoms with Gasteiger partial charge in [0.25, 0.3) is 5.91 Å². The highest BCUT2D eigenvalue weighted by Crippen LogP contribution is 2.34. The summed E-state index contributed by atoms with van der Waals surface area (Å²) in [5, 5.41) is 4.30. The standard InChI is InChI=1S/C25H27F2N3O3/c1-3-17(2)30(24(31)19-5-4-6-21(27)15-19)16-22-23(18-7-9-20(26)10-8-18)28-33-25(22)29-11-13-32-14-12-29/h4-10,15,17H,3,11-14,16H2,1-2H3. The Bertz CT molecular complexity index is 1090. The smallest absolute Gasteiger partial charge is 0.254 e. The fraction of sp³-hybridized carbons (Fsp3) is 0.360. The molecule has 0 aliphatic carbocycles. The number of benzene rings is 2. The van der Waals surface area contributed by atoms with Gasteiger partial charge in [0.2, 0.25) is 5.88 Å². The Labute approximate surface area is 191 Å². The van der Waals surface area contributed by atoms with Gasteiger partial charge in [0.15, 0.2) is 0 Å². The molecule has 1 unspecified atom stereocenters. The minimum atomic E-state index is -0.462. The molecular weight excluding hydrogens is 428 g/mol. The van der Waals surface area contributed by atoms with Crippen LogP contribution in [0.4, 0.5) is 14.7 Å². The number of nitrogens with zero attached hydrogens (tertiary/aromatic N) is 3. The molecule has 3 aromatic rings. The molecule has 1 aromatic heterocycles. The first-order valence-electron chi connectivity index (χ1n) is 11.1. The minimum absolute atomic E-state index is 0.116. The topological polar surface area (TPSA) is 58.8 Å². The number of anilines is 1. The molecule has 2 aromatic carbocycles. The van der Waals surface area contributed by atoms with E-state index in [-0.39, 0.29) is 29.9 Å². The number of ether oxygens (including phenoxy) is 1. The van der Waals surface area contributed by atoms with Crippen LogP contribution in [0.25, 0.3) is 11.3 Å². The van der Waals surface area contributed by atoms with E-state index < -0.39 is 5.82 Å². The number of carbonyl (C=O) groups is 1. The molecule has 1 fully saturated rings. The monoisotopic (exact) mass is 455 g/mol. The van der Waals surface area contributed by atoms with E-state index in [2.05, 4.69) is 5.16 Å². The Morgan fingerprint density at radius 1 is 1.12 bits per heavy atom. The average molecular weight is 456 g/mol. The van der Waals surface area contributed by atoms with Crippen LogP contribution in [0, 0.1) is 11.6 Å². The summed E-state index contributed by atoms with van der Waals surface area (Å²) in [5.74, 6) is -0.517. The van der Waals surface area contributed by atoms with Gasteiger partial charge in [-0.2, -0.15) is 0 Å². The van der Waals surface area contributed by atoms with Crippen LogP contribution in [0.1, 0.15) is 36.2 Å². The molecule has 2 heterocycles. The lowest BCUT2D eigenvalue weighted by atomic mass is 10.0. The van der Waals surface area contributed by atoms with Crippen molar-refractivity contribution in [1.82, 2.24) is 10.1 Å². The summed E-state index contributed by atoms with van der Waals surface area (Å²) in [6, 6.07) is 11.6. The molecule has 0 radical (unpaired) electrons. The lowest BCUT2D eigenvalue weighted by Crippen LogP contribution is -2.39. The fourth-order valence-electron chi connectivity index (χ4n) is 3.90. The number of rotatable bonds is 7. The van der Waals surface area contributed by atoms with E-state index in [1.807, 2.05) is 18.7 Å². The zero-order valence-corrected chi connectivity index (χ0v) is 18.8. The number of hydrogen-bond acceptors (Lipinski definition) is 5. The van der Waals surface area contributed by atoms with Crippen LogP contribution >= 0.6 is 0 Å². The SMILES string of the molecule is CCC(C)N(Cc1c(-c2ccc(F)cc2)noc1N1CCOCC1)C(=O)c1cccc(F)c1. The number of halogens is 2. The zero-order valence-electron chi connectivity index (χ0n) is 18.8. The van der Waals surface area contributed by atoms with Crippen molar-refractivity contribution < 1.29 is 22.8 Å².